The van der Waals surface area contributed by atoms with E-state index in [1.165, 1.54) is 0 Å². The van der Waals surface area contributed by atoms with Crippen LogP contribution in [0.1, 0.15) is 5.56 Å². The maximum atomic E-state index is 12.4. The molecule has 0 bridgehead atoms. The van der Waals surface area contributed by atoms with E-state index in [-0.39, 0.29) is 24.2 Å². The van der Waals surface area contributed by atoms with Gasteiger partial charge < -0.3 is 20.3 Å². The lowest BCUT2D eigenvalue weighted by Gasteiger charge is -2.22. The number of carbonyl (C=O) groups is 2. The number of anilines is 2. The second-order valence-corrected chi connectivity index (χ2v) is 6.21. The molecule has 0 radical (unpaired) electrons. The Morgan fingerprint density at radius 2 is 1.85 bits per heavy atom. The van der Waals surface area contributed by atoms with Gasteiger partial charge in [0.15, 0.2) is 0 Å². The average Bonchev–Trinajstić information content (AvgIpc) is 2.70. The lowest BCUT2D eigenvalue weighted by molar-refractivity contribution is -0.128. The third-order valence-corrected chi connectivity index (χ3v) is 4.31. The summed E-state index contributed by atoms with van der Waals surface area (Å²) in [7, 11) is 1.77. The van der Waals surface area contributed by atoms with E-state index in [0.717, 1.165) is 17.8 Å². The van der Waals surface area contributed by atoms with Gasteiger partial charge >= 0.3 is 0 Å². The number of amides is 2. The van der Waals surface area contributed by atoms with Gasteiger partial charge in [0.1, 0.15) is 6.10 Å². The van der Waals surface area contributed by atoms with Gasteiger partial charge in [0.25, 0.3) is 5.91 Å². The van der Waals surface area contributed by atoms with Crippen LogP contribution in [0.25, 0.3) is 0 Å². The number of ether oxygens (including phenoxy) is 1. The summed E-state index contributed by atoms with van der Waals surface area (Å²) < 4.78 is 5.43. The molecule has 1 saturated heterocycles. The predicted molar refractivity (Wildman–Crippen MR) is 108 cm³/mol. The monoisotopic (exact) mass is 389 g/mol. The van der Waals surface area contributed by atoms with Gasteiger partial charge in [-0.15, -0.1) is 12.4 Å². The molecule has 0 spiro atoms. The van der Waals surface area contributed by atoms with E-state index in [0.29, 0.717) is 25.3 Å². The zero-order chi connectivity index (χ0) is 18.4. The van der Waals surface area contributed by atoms with Crippen LogP contribution >= 0.6 is 12.4 Å². The number of para-hydroxylation sites is 1. The molecule has 1 heterocycles. The minimum absolute atomic E-state index is 0. The van der Waals surface area contributed by atoms with Crippen LogP contribution in [0.5, 0.6) is 0 Å². The molecule has 1 atom stereocenters. The number of likely N-dealkylation sites (N-methyl/N-ethyl adjacent to an activating group) is 1. The van der Waals surface area contributed by atoms with E-state index in [4.69, 9.17) is 4.74 Å². The maximum Gasteiger partial charge on any atom is 0.254 e. The predicted octanol–water partition coefficient (Wildman–Crippen LogP) is 2.24. The van der Waals surface area contributed by atoms with Crippen molar-refractivity contribution in [2.24, 2.45) is 0 Å². The fourth-order valence-corrected chi connectivity index (χ4v) is 2.75. The van der Waals surface area contributed by atoms with Crippen LogP contribution in [0.4, 0.5) is 11.4 Å². The number of hydrogen-bond acceptors (Lipinski definition) is 4. The van der Waals surface area contributed by atoms with Crippen molar-refractivity contribution >= 4 is 35.6 Å². The number of nitrogens with zero attached hydrogens (tertiary/aromatic N) is 1. The molecule has 1 unspecified atom stereocenters. The fraction of sp³-hybridized carbons (Fsp3) is 0.300. The van der Waals surface area contributed by atoms with Crippen molar-refractivity contribution < 1.29 is 14.3 Å². The van der Waals surface area contributed by atoms with Crippen molar-refractivity contribution in [3.63, 3.8) is 0 Å². The van der Waals surface area contributed by atoms with Crippen molar-refractivity contribution in [1.29, 1.82) is 0 Å². The molecule has 6 nitrogen and oxygen atoms in total. The Hall–Kier alpha value is -2.41. The molecule has 3 rings (SSSR count). The van der Waals surface area contributed by atoms with Gasteiger partial charge in [-0.05, 0) is 29.8 Å². The molecule has 2 aromatic rings. The molecule has 7 heteroatoms. The molecule has 2 amide bonds. The smallest absolute Gasteiger partial charge is 0.254 e. The topological polar surface area (TPSA) is 70.7 Å². The van der Waals surface area contributed by atoms with Gasteiger partial charge in [0, 0.05) is 31.5 Å². The first kappa shape index (κ1) is 20.9. The Bertz CT molecular complexity index is 747. The zero-order valence-electron chi connectivity index (χ0n) is 15.2. The lowest BCUT2D eigenvalue weighted by Crippen LogP contribution is -2.45. The minimum Gasteiger partial charge on any atom is -0.366 e. The molecule has 144 valence electrons. The fourth-order valence-electron chi connectivity index (χ4n) is 2.75. The molecule has 27 heavy (non-hydrogen) atoms. The summed E-state index contributed by atoms with van der Waals surface area (Å²) in [6.07, 6.45) is -0.167. The highest BCUT2D eigenvalue weighted by Crippen LogP contribution is 2.15. The van der Waals surface area contributed by atoms with Crippen LogP contribution < -0.4 is 15.5 Å². The number of benzene rings is 2. The number of morpholine rings is 1. The van der Waals surface area contributed by atoms with E-state index >= 15 is 0 Å². The molecule has 1 aliphatic rings. The Morgan fingerprint density at radius 1 is 1.15 bits per heavy atom. The van der Waals surface area contributed by atoms with Crippen LogP contribution in [0.15, 0.2) is 54.6 Å². The second-order valence-electron chi connectivity index (χ2n) is 6.21. The van der Waals surface area contributed by atoms with Gasteiger partial charge in [-0.3, -0.25) is 9.59 Å². The summed E-state index contributed by atoms with van der Waals surface area (Å²) >= 11 is 0. The summed E-state index contributed by atoms with van der Waals surface area (Å²) in [5.41, 5.74) is 2.45. The molecular weight excluding hydrogens is 366 g/mol. The van der Waals surface area contributed by atoms with Gasteiger partial charge in [0.2, 0.25) is 5.91 Å². The number of nitrogens with one attached hydrogen (secondary N) is 2. The maximum absolute atomic E-state index is 12.4. The highest BCUT2D eigenvalue weighted by Gasteiger charge is 2.21. The lowest BCUT2D eigenvalue weighted by atomic mass is 10.1. The van der Waals surface area contributed by atoms with Crippen molar-refractivity contribution in [2.45, 2.75) is 12.5 Å². The molecule has 0 aliphatic carbocycles. The summed E-state index contributed by atoms with van der Waals surface area (Å²) in [6, 6.07) is 16.8. The van der Waals surface area contributed by atoms with Crippen molar-refractivity contribution in [1.82, 2.24) is 5.32 Å². The first-order valence-electron chi connectivity index (χ1n) is 8.67. The Morgan fingerprint density at radius 3 is 2.48 bits per heavy atom. The number of hydrogen-bond donors (Lipinski definition) is 2. The molecule has 0 saturated carbocycles. The van der Waals surface area contributed by atoms with Crippen LogP contribution in [0.3, 0.4) is 0 Å². The van der Waals surface area contributed by atoms with E-state index < -0.39 is 6.10 Å². The summed E-state index contributed by atoms with van der Waals surface area (Å²) in [5, 5.41) is 5.97. The Balaban J connectivity index is 0.00000261. The SMILES string of the molecule is CN(C(=O)Cc1ccc(NC(=O)C2CNCCO2)cc1)c1ccccc1.Cl. The van der Waals surface area contributed by atoms with E-state index in [2.05, 4.69) is 10.6 Å². The highest BCUT2D eigenvalue weighted by molar-refractivity contribution is 5.95. The van der Waals surface area contributed by atoms with E-state index in [1.54, 1.807) is 24.1 Å². The molecule has 2 N–H and O–H groups in total. The molecule has 0 aromatic heterocycles. The summed E-state index contributed by atoms with van der Waals surface area (Å²) in [6.45, 7) is 1.82. The number of carbonyl (C=O) groups excluding carboxylic acids is 2. The van der Waals surface area contributed by atoms with Gasteiger partial charge in [-0.2, -0.15) is 0 Å². The third-order valence-electron chi connectivity index (χ3n) is 4.31. The molecule has 1 aliphatic heterocycles. The van der Waals surface area contributed by atoms with Crippen LogP contribution in [0, 0.1) is 0 Å². The van der Waals surface area contributed by atoms with Gasteiger partial charge in [-0.25, -0.2) is 0 Å². The van der Waals surface area contributed by atoms with Crippen LogP contribution in [-0.4, -0.2) is 44.7 Å². The highest BCUT2D eigenvalue weighted by atomic mass is 35.5. The van der Waals surface area contributed by atoms with Crippen LogP contribution in [0.2, 0.25) is 0 Å². The average molecular weight is 390 g/mol. The Labute approximate surface area is 165 Å². The van der Waals surface area contributed by atoms with Crippen molar-refractivity contribution in [3.05, 3.63) is 60.2 Å². The molecular formula is C20H24ClN3O3. The first-order chi connectivity index (χ1) is 12.6. The third kappa shape index (κ3) is 5.79. The van der Waals surface area contributed by atoms with Crippen LogP contribution in [-0.2, 0) is 20.7 Å². The number of rotatable bonds is 5. The standard InChI is InChI=1S/C20H23N3O3.ClH/c1-23(17-5-3-2-4-6-17)19(24)13-15-7-9-16(10-8-15)22-20(25)18-14-21-11-12-26-18;/h2-10,18,21H,11-14H2,1H3,(H,22,25);1H. The molecule has 2 aromatic carbocycles. The second kappa shape index (κ2) is 10.1. The van der Waals surface area contributed by atoms with E-state index in [9.17, 15) is 9.59 Å². The number of halogens is 1. The largest absolute Gasteiger partial charge is 0.366 e. The first-order valence-corrected chi connectivity index (χ1v) is 8.67. The quantitative estimate of drug-likeness (QED) is 0.822. The van der Waals surface area contributed by atoms with Gasteiger partial charge in [-0.1, -0.05) is 30.3 Å². The zero-order valence-corrected chi connectivity index (χ0v) is 16.0. The van der Waals surface area contributed by atoms with Gasteiger partial charge in [0.05, 0.1) is 13.0 Å². The van der Waals surface area contributed by atoms with Crippen molar-refractivity contribution in [2.75, 3.05) is 37.0 Å². The minimum atomic E-state index is -0.468. The normalized spacial score (nSPS) is 16.1. The molecule has 1 fully saturated rings. The summed E-state index contributed by atoms with van der Waals surface area (Å²) in [5.74, 6) is -0.153. The van der Waals surface area contributed by atoms with E-state index in [1.807, 2.05) is 42.5 Å². The van der Waals surface area contributed by atoms with Crippen molar-refractivity contribution in [3.8, 4) is 0 Å². The Kier molecular flexibility index (Phi) is 7.79. The summed E-state index contributed by atoms with van der Waals surface area (Å²) in [4.78, 5) is 26.2.